The predicted octanol–water partition coefficient (Wildman–Crippen LogP) is 3.53. The van der Waals surface area contributed by atoms with E-state index in [1.807, 2.05) is 29.8 Å². The highest BCUT2D eigenvalue weighted by Gasteiger charge is 2.15. The molecule has 3 heterocycles. The first kappa shape index (κ1) is 16.1. The molecule has 7 heteroatoms. The highest BCUT2D eigenvalue weighted by molar-refractivity contribution is 7.98. The van der Waals surface area contributed by atoms with Gasteiger partial charge in [-0.25, -0.2) is 4.68 Å². The second kappa shape index (κ2) is 5.99. The first-order valence-electron chi connectivity index (χ1n) is 8.60. The van der Waals surface area contributed by atoms with Gasteiger partial charge >= 0.3 is 0 Å². The maximum absolute atomic E-state index is 13.2. The molecular weight excluding hydrogens is 358 g/mol. The normalized spacial score (nSPS) is 11.8. The molecule has 5 rings (SSSR count). The molecule has 27 heavy (non-hydrogen) atoms. The fraction of sp³-hybridized carbons (Fsp3) is 0.150. The minimum absolute atomic E-state index is 0.0857. The molecule has 0 aliphatic heterocycles. The zero-order valence-electron chi connectivity index (χ0n) is 14.9. The summed E-state index contributed by atoms with van der Waals surface area (Å²) in [4.78, 5) is 14.4. The number of hydrogen-bond acceptors (Lipinski definition) is 4. The largest absolute Gasteiger partial charge is 0.339 e. The summed E-state index contributed by atoms with van der Waals surface area (Å²) in [6.45, 7) is 0.406. The average molecular weight is 375 g/mol. The van der Waals surface area contributed by atoms with Gasteiger partial charge in [-0.1, -0.05) is 18.2 Å². The van der Waals surface area contributed by atoms with Crippen LogP contribution in [-0.4, -0.2) is 30.8 Å². The number of benzene rings is 2. The summed E-state index contributed by atoms with van der Waals surface area (Å²) in [5.41, 5.74) is 3.61. The summed E-state index contributed by atoms with van der Waals surface area (Å²) in [6, 6.07) is 12.2. The van der Waals surface area contributed by atoms with Gasteiger partial charge in [0.25, 0.3) is 5.56 Å². The smallest absolute Gasteiger partial charge is 0.291 e. The topological polar surface area (TPSA) is 68.5 Å². The summed E-state index contributed by atoms with van der Waals surface area (Å²) in [5.74, 6) is 0. The van der Waals surface area contributed by atoms with Gasteiger partial charge < -0.3 is 4.57 Å². The van der Waals surface area contributed by atoms with Gasteiger partial charge in [0, 0.05) is 28.1 Å². The minimum Gasteiger partial charge on any atom is -0.339 e. The van der Waals surface area contributed by atoms with Gasteiger partial charge in [-0.05, 0) is 30.0 Å². The Hall–Kier alpha value is -3.06. The van der Waals surface area contributed by atoms with Crippen LogP contribution in [0, 0.1) is 0 Å². The third kappa shape index (κ3) is 2.39. The highest BCUT2D eigenvalue weighted by atomic mass is 32.2. The van der Waals surface area contributed by atoms with E-state index in [0.29, 0.717) is 12.1 Å². The number of thioether (sulfide) groups is 1. The van der Waals surface area contributed by atoms with Crippen LogP contribution < -0.4 is 5.56 Å². The van der Waals surface area contributed by atoms with Gasteiger partial charge in [0.15, 0.2) is 0 Å². The first-order valence-corrected chi connectivity index (χ1v) is 9.83. The lowest BCUT2D eigenvalue weighted by molar-refractivity contribution is 0.647. The first-order chi connectivity index (χ1) is 13.2. The average Bonchev–Trinajstić information content (AvgIpc) is 3.28. The van der Waals surface area contributed by atoms with E-state index in [1.165, 1.54) is 9.58 Å². The standard InChI is InChI=1S/C20H17N5OS/c1-24-18-8-13(27-2)6-7-14(18)16-10-22-25(20(26)19(16)24)11-12-4-3-5-17-15(12)9-21-23-17/h3-10H,11H2,1-2H3,(H,21,23). The Morgan fingerprint density at radius 1 is 1.11 bits per heavy atom. The van der Waals surface area contributed by atoms with Crippen LogP contribution in [0.4, 0.5) is 0 Å². The van der Waals surface area contributed by atoms with Crippen molar-refractivity contribution >= 4 is 44.5 Å². The number of nitrogens with zero attached hydrogens (tertiary/aromatic N) is 4. The molecule has 6 nitrogen and oxygen atoms in total. The Morgan fingerprint density at radius 2 is 2.00 bits per heavy atom. The van der Waals surface area contributed by atoms with Crippen molar-refractivity contribution in [2.24, 2.45) is 7.05 Å². The third-order valence-corrected chi connectivity index (χ3v) is 5.83. The number of hydrogen-bond donors (Lipinski definition) is 1. The van der Waals surface area contributed by atoms with E-state index in [2.05, 4.69) is 39.8 Å². The summed E-state index contributed by atoms with van der Waals surface area (Å²) in [5, 5.41) is 14.5. The van der Waals surface area contributed by atoms with E-state index in [-0.39, 0.29) is 5.56 Å². The fourth-order valence-corrected chi connectivity index (χ4v) is 4.14. The molecule has 2 aromatic carbocycles. The molecule has 5 aromatic rings. The van der Waals surface area contributed by atoms with Crippen molar-refractivity contribution in [3.05, 3.63) is 64.7 Å². The van der Waals surface area contributed by atoms with Crippen LogP contribution in [0.5, 0.6) is 0 Å². The molecule has 0 aliphatic rings. The summed E-state index contributed by atoms with van der Waals surface area (Å²) in [6.07, 6.45) is 5.64. The quantitative estimate of drug-likeness (QED) is 0.490. The van der Waals surface area contributed by atoms with Gasteiger partial charge in [0.05, 0.1) is 30.0 Å². The summed E-state index contributed by atoms with van der Waals surface area (Å²) < 4.78 is 3.50. The molecule has 0 saturated heterocycles. The molecule has 134 valence electrons. The zero-order chi connectivity index (χ0) is 18.5. The van der Waals surface area contributed by atoms with Crippen LogP contribution in [0.2, 0.25) is 0 Å². The molecule has 0 amide bonds. The number of aryl methyl sites for hydroxylation is 1. The van der Waals surface area contributed by atoms with Crippen molar-refractivity contribution < 1.29 is 0 Å². The molecule has 0 saturated carbocycles. The lowest BCUT2D eigenvalue weighted by Gasteiger charge is -2.06. The molecule has 0 bridgehead atoms. The van der Waals surface area contributed by atoms with Crippen molar-refractivity contribution in [1.82, 2.24) is 24.5 Å². The number of rotatable bonds is 3. The lowest BCUT2D eigenvalue weighted by Crippen LogP contribution is -2.24. The van der Waals surface area contributed by atoms with E-state index in [9.17, 15) is 4.79 Å². The van der Waals surface area contributed by atoms with Crippen molar-refractivity contribution in [2.75, 3.05) is 6.26 Å². The van der Waals surface area contributed by atoms with E-state index >= 15 is 0 Å². The van der Waals surface area contributed by atoms with Crippen molar-refractivity contribution in [3.8, 4) is 0 Å². The Bertz CT molecular complexity index is 1380. The molecule has 0 fully saturated rings. The maximum Gasteiger partial charge on any atom is 0.291 e. The molecule has 3 aromatic heterocycles. The van der Waals surface area contributed by atoms with Crippen LogP contribution in [0.15, 0.2) is 58.5 Å². The fourth-order valence-electron chi connectivity index (χ4n) is 3.71. The van der Waals surface area contributed by atoms with Crippen LogP contribution in [0.1, 0.15) is 5.56 Å². The van der Waals surface area contributed by atoms with Crippen molar-refractivity contribution in [1.29, 1.82) is 0 Å². The minimum atomic E-state index is -0.0857. The SMILES string of the molecule is CSc1ccc2c3cnn(Cc4cccc5[nH]ncc45)c(=O)c3n(C)c2c1. The molecule has 0 radical (unpaired) electrons. The Balaban J connectivity index is 1.71. The van der Waals surface area contributed by atoms with Gasteiger partial charge in [0.2, 0.25) is 0 Å². The third-order valence-electron chi connectivity index (χ3n) is 5.11. The van der Waals surface area contributed by atoms with Crippen LogP contribution in [0.25, 0.3) is 32.7 Å². The predicted molar refractivity (Wildman–Crippen MR) is 109 cm³/mol. The molecule has 0 atom stereocenters. The van der Waals surface area contributed by atoms with Crippen molar-refractivity contribution in [3.63, 3.8) is 0 Å². The van der Waals surface area contributed by atoms with Crippen LogP contribution >= 0.6 is 11.8 Å². The van der Waals surface area contributed by atoms with Gasteiger partial charge in [0.1, 0.15) is 5.52 Å². The second-order valence-corrected chi connectivity index (χ2v) is 7.44. The number of aromatic nitrogens is 5. The molecule has 0 unspecified atom stereocenters. The van der Waals surface area contributed by atoms with E-state index in [4.69, 9.17) is 0 Å². The van der Waals surface area contributed by atoms with E-state index in [0.717, 1.165) is 32.8 Å². The second-order valence-electron chi connectivity index (χ2n) is 6.56. The van der Waals surface area contributed by atoms with Crippen LogP contribution in [-0.2, 0) is 13.6 Å². The number of H-pyrrole nitrogens is 1. The van der Waals surface area contributed by atoms with Gasteiger partial charge in [-0.15, -0.1) is 11.8 Å². The monoisotopic (exact) mass is 375 g/mol. The Morgan fingerprint density at radius 3 is 2.85 bits per heavy atom. The molecule has 0 aliphatic carbocycles. The number of aromatic amines is 1. The number of fused-ring (bicyclic) bond motifs is 4. The maximum atomic E-state index is 13.2. The highest BCUT2D eigenvalue weighted by Crippen LogP contribution is 2.29. The van der Waals surface area contributed by atoms with E-state index < -0.39 is 0 Å². The Labute approximate surface area is 158 Å². The lowest BCUT2D eigenvalue weighted by atomic mass is 10.1. The van der Waals surface area contributed by atoms with Gasteiger partial charge in [-0.3, -0.25) is 9.89 Å². The zero-order valence-corrected chi connectivity index (χ0v) is 15.7. The summed E-state index contributed by atoms with van der Waals surface area (Å²) >= 11 is 1.69. The van der Waals surface area contributed by atoms with E-state index in [1.54, 1.807) is 24.2 Å². The molecule has 0 spiro atoms. The molecule has 1 N–H and O–H groups in total. The molecular formula is C20H17N5OS. The van der Waals surface area contributed by atoms with Crippen LogP contribution in [0.3, 0.4) is 0 Å². The van der Waals surface area contributed by atoms with Gasteiger partial charge in [-0.2, -0.15) is 10.2 Å². The number of nitrogens with one attached hydrogen (secondary N) is 1. The van der Waals surface area contributed by atoms with Crippen molar-refractivity contribution in [2.45, 2.75) is 11.4 Å². The summed E-state index contributed by atoms with van der Waals surface area (Å²) in [7, 11) is 1.94. The Kier molecular flexibility index (Phi) is 3.58.